The van der Waals surface area contributed by atoms with Gasteiger partial charge >= 0.3 is 6.18 Å². The lowest BCUT2D eigenvalue weighted by atomic mass is 10.0. The van der Waals surface area contributed by atoms with Crippen LogP contribution in [0, 0.1) is 6.92 Å². The van der Waals surface area contributed by atoms with Crippen molar-refractivity contribution < 1.29 is 13.2 Å². The van der Waals surface area contributed by atoms with Gasteiger partial charge < -0.3 is 20.9 Å². The Balaban J connectivity index is 1.48. The third-order valence-corrected chi connectivity index (χ3v) is 4.99. The van der Waals surface area contributed by atoms with E-state index >= 15 is 0 Å². The monoisotopic (exact) mass is 391 g/mol. The lowest BCUT2D eigenvalue weighted by molar-refractivity contribution is -0.141. The quantitative estimate of drug-likeness (QED) is 0.633. The minimum absolute atomic E-state index is 0.156. The van der Waals surface area contributed by atoms with Gasteiger partial charge in [-0.15, -0.1) is 0 Å². The molecule has 0 radical (unpaired) electrons. The zero-order chi connectivity index (χ0) is 19.9. The van der Waals surface area contributed by atoms with Crippen molar-refractivity contribution in [3.8, 4) is 0 Å². The molecule has 4 heterocycles. The number of rotatable bonds is 4. The lowest BCUT2D eigenvalue weighted by Crippen LogP contribution is -2.48. The maximum absolute atomic E-state index is 12.8. The molecule has 4 N–H and O–H groups in total. The number of pyridine rings is 1. The molecule has 28 heavy (non-hydrogen) atoms. The number of fused-ring (bicyclic) bond motifs is 1. The molecular weight excluding hydrogens is 371 g/mol. The second kappa shape index (κ2) is 6.62. The molecule has 1 atom stereocenters. The van der Waals surface area contributed by atoms with Crippen LogP contribution < -0.4 is 16.0 Å². The lowest BCUT2D eigenvalue weighted by Gasteiger charge is -2.26. The van der Waals surface area contributed by atoms with Crippen LogP contribution in [0.5, 0.6) is 0 Å². The molecule has 7 nitrogen and oxygen atoms in total. The minimum atomic E-state index is -4.48. The number of aryl methyl sites for hydroxylation is 1. The van der Waals surface area contributed by atoms with Crippen LogP contribution in [0.25, 0.3) is 11.0 Å². The van der Waals surface area contributed by atoms with E-state index in [2.05, 4.69) is 30.2 Å². The predicted molar refractivity (Wildman–Crippen MR) is 100 cm³/mol. The standard InChI is InChI=1S/C18H20F3N7/c1-11-7-23-15-14(11)16(26-10-25-15)28-6-5-17(22,9-28)8-24-13-4-2-3-12(27-13)18(19,20)21/h2-4,7,10H,5-6,8-9,22H2,1H3,(H,24,27)(H,23,25,26)/t17-/m0/s1. The number of nitrogens with two attached hydrogens (primary N) is 1. The largest absolute Gasteiger partial charge is 0.433 e. The summed E-state index contributed by atoms with van der Waals surface area (Å²) in [5.41, 5.74) is 6.78. The zero-order valence-corrected chi connectivity index (χ0v) is 15.2. The van der Waals surface area contributed by atoms with E-state index in [1.165, 1.54) is 18.5 Å². The molecule has 0 spiro atoms. The number of hydrogen-bond acceptors (Lipinski definition) is 6. The highest BCUT2D eigenvalue weighted by molar-refractivity contribution is 5.90. The summed E-state index contributed by atoms with van der Waals surface area (Å²) in [6, 6.07) is 3.78. The molecule has 4 rings (SSSR count). The fourth-order valence-corrected chi connectivity index (χ4v) is 3.52. The number of aromatic amines is 1. The first kappa shape index (κ1) is 18.5. The molecule has 10 heteroatoms. The third kappa shape index (κ3) is 3.47. The summed E-state index contributed by atoms with van der Waals surface area (Å²) in [4.78, 5) is 17.5. The van der Waals surface area contributed by atoms with Crippen LogP contribution in [0.3, 0.4) is 0 Å². The zero-order valence-electron chi connectivity index (χ0n) is 15.2. The molecule has 148 valence electrons. The van der Waals surface area contributed by atoms with Crippen molar-refractivity contribution in [2.75, 3.05) is 29.9 Å². The number of anilines is 2. The highest BCUT2D eigenvalue weighted by Gasteiger charge is 2.36. The van der Waals surface area contributed by atoms with Crippen molar-refractivity contribution in [2.24, 2.45) is 5.73 Å². The molecule has 3 aromatic heterocycles. The van der Waals surface area contributed by atoms with Gasteiger partial charge in [0.1, 0.15) is 29.3 Å². The fourth-order valence-electron chi connectivity index (χ4n) is 3.52. The van der Waals surface area contributed by atoms with Crippen molar-refractivity contribution in [1.29, 1.82) is 0 Å². The Kier molecular flexibility index (Phi) is 4.37. The second-order valence-corrected chi connectivity index (χ2v) is 7.19. The van der Waals surface area contributed by atoms with Gasteiger partial charge in [0.05, 0.1) is 10.9 Å². The van der Waals surface area contributed by atoms with Crippen LogP contribution in [0.15, 0.2) is 30.7 Å². The van der Waals surface area contributed by atoms with Crippen molar-refractivity contribution in [2.45, 2.75) is 25.1 Å². The predicted octanol–water partition coefficient (Wildman–Crippen LogP) is 2.70. The van der Waals surface area contributed by atoms with Crippen molar-refractivity contribution in [3.63, 3.8) is 0 Å². The summed E-state index contributed by atoms with van der Waals surface area (Å²) in [6.45, 7) is 3.51. The number of halogens is 3. The van der Waals surface area contributed by atoms with Crippen LogP contribution in [-0.2, 0) is 6.18 Å². The summed E-state index contributed by atoms with van der Waals surface area (Å²) in [6.07, 6.45) is -0.409. The van der Waals surface area contributed by atoms with Gasteiger partial charge in [-0.05, 0) is 31.0 Å². The van der Waals surface area contributed by atoms with E-state index in [1.54, 1.807) is 0 Å². The summed E-state index contributed by atoms with van der Waals surface area (Å²) in [7, 11) is 0. The Morgan fingerprint density at radius 3 is 2.93 bits per heavy atom. The molecule has 0 bridgehead atoms. The molecule has 0 unspecified atom stereocenters. The van der Waals surface area contributed by atoms with E-state index in [0.29, 0.717) is 26.1 Å². The van der Waals surface area contributed by atoms with Gasteiger partial charge in [-0.1, -0.05) is 6.07 Å². The number of alkyl halides is 3. The Morgan fingerprint density at radius 2 is 2.14 bits per heavy atom. The van der Waals surface area contributed by atoms with Crippen LogP contribution >= 0.6 is 0 Å². The van der Waals surface area contributed by atoms with Gasteiger partial charge in [0, 0.05) is 25.8 Å². The maximum atomic E-state index is 12.8. The molecule has 1 saturated heterocycles. The number of nitrogens with zero attached hydrogens (tertiary/aromatic N) is 4. The number of hydrogen-bond donors (Lipinski definition) is 3. The van der Waals surface area contributed by atoms with E-state index in [9.17, 15) is 13.2 Å². The Labute approximate surface area is 159 Å². The SMILES string of the molecule is Cc1c[nH]c2ncnc(N3CC[C@](N)(CNc4cccc(C(F)(F)F)n4)C3)c12. The Hall–Kier alpha value is -2.88. The van der Waals surface area contributed by atoms with E-state index in [0.717, 1.165) is 28.5 Å². The number of aromatic nitrogens is 4. The molecule has 1 aliphatic rings. The summed E-state index contributed by atoms with van der Waals surface area (Å²) in [5, 5.41) is 3.91. The Morgan fingerprint density at radius 1 is 1.32 bits per heavy atom. The second-order valence-electron chi connectivity index (χ2n) is 7.19. The normalized spacial score (nSPS) is 20.1. The molecular formula is C18H20F3N7. The van der Waals surface area contributed by atoms with E-state index < -0.39 is 17.4 Å². The van der Waals surface area contributed by atoms with E-state index in [-0.39, 0.29) is 5.82 Å². The van der Waals surface area contributed by atoms with Crippen LogP contribution in [0.2, 0.25) is 0 Å². The first-order chi connectivity index (χ1) is 13.3. The van der Waals surface area contributed by atoms with Crippen LogP contribution in [0.1, 0.15) is 17.7 Å². The maximum Gasteiger partial charge on any atom is 0.433 e. The first-order valence-corrected chi connectivity index (χ1v) is 8.86. The van der Waals surface area contributed by atoms with Crippen molar-refractivity contribution >= 4 is 22.7 Å². The summed E-state index contributed by atoms with van der Waals surface area (Å²) >= 11 is 0. The molecule has 0 saturated carbocycles. The van der Waals surface area contributed by atoms with Crippen molar-refractivity contribution in [1.82, 2.24) is 19.9 Å². The smallest absolute Gasteiger partial charge is 0.368 e. The van der Waals surface area contributed by atoms with Gasteiger partial charge in [0.2, 0.25) is 0 Å². The summed E-state index contributed by atoms with van der Waals surface area (Å²) < 4.78 is 38.5. The third-order valence-electron chi connectivity index (χ3n) is 4.99. The molecule has 1 fully saturated rings. The van der Waals surface area contributed by atoms with Crippen molar-refractivity contribution in [3.05, 3.63) is 42.0 Å². The number of H-pyrrole nitrogens is 1. The topological polar surface area (TPSA) is 95.8 Å². The van der Waals surface area contributed by atoms with Gasteiger partial charge in [0.25, 0.3) is 0 Å². The molecule has 3 aromatic rings. The average Bonchev–Trinajstić information content (AvgIpc) is 3.24. The van der Waals surface area contributed by atoms with Gasteiger partial charge in [-0.3, -0.25) is 0 Å². The molecule has 0 aromatic carbocycles. The van der Waals surface area contributed by atoms with Crippen LogP contribution in [0.4, 0.5) is 24.8 Å². The number of nitrogens with one attached hydrogen (secondary N) is 2. The Bertz CT molecular complexity index is 1000. The highest BCUT2D eigenvalue weighted by Crippen LogP contribution is 2.31. The molecule has 0 amide bonds. The average molecular weight is 391 g/mol. The van der Waals surface area contributed by atoms with Gasteiger partial charge in [0.15, 0.2) is 0 Å². The minimum Gasteiger partial charge on any atom is -0.368 e. The fraction of sp³-hybridized carbons (Fsp3) is 0.389. The summed E-state index contributed by atoms with van der Waals surface area (Å²) in [5.74, 6) is 0.970. The first-order valence-electron chi connectivity index (χ1n) is 8.86. The van der Waals surface area contributed by atoms with Crippen LogP contribution in [-0.4, -0.2) is 45.1 Å². The van der Waals surface area contributed by atoms with Gasteiger partial charge in [-0.25, -0.2) is 15.0 Å². The van der Waals surface area contributed by atoms with E-state index in [1.807, 2.05) is 13.1 Å². The van der Waals surface area contributed by atoms with Gasteiger partial charge in [-0.2, -0.15) is 13.2 Å². The molecule has 1 aliphatic heterocycles. The highest BCUT2D eigenvalue weighted by atomic mass is 19.4. The van der Waals surface area contributed by atoms with E-state index in [4.69, 9.17) is 5.73 Å². The molecule has 0 aliphatic carbocycles.